The van der Waals surface area contributed by atoms with Crippen LogP contribution in [0.2, 0.25) is 0 Å². The second-order valence-corrected chi connectivity index (χ2v) is 4.11. The molecule has 0 unspecified atom stereocenters. The van der Waals surface area contributed by atoms with Crippen LogP contribution in [-0.4, -0.2) is 24.4 Å². The molecule has 0 spiro atoms. The van der Waals surface area contributed by atoms with Crippen molar-refractivity contribution in [2.45, 2.75) is 6.42 Å². The van der Waals surface area contributed by atoms with E-state index in [0.29, 0.717) is 12.4 Å². The predicted octanol–water partition coefficient (Wildman–Crippen LogP) is 2.17. The van der Waals surface area contributed by atoms with Crippen LogP contribution >= 0.6 is 11.8 Å². The average molecular weight is 208 g/mol. The number of para-hydroxylation sites is 1. The van der Waals surface area contributed by atoms with Crippen LogP contribution < -0.4 is 4.74 Å². The molecule has 0 saturated carbocycles. The van der Waals surface area contributed by atoms with E-state index in [1.807, 2.05) is 24.5 Å². The SMILES string of the molecule is CSCC(=O)c1cccc2c1OCC2. The van der Waals surface area contributed by atoms with Crippen LogP contribution in [0.4, 0.5) is 0 Å². The molecule has 0 amide bonds. The van der Waals surface area contributed by atoms with Crippen molar-refractivity contribution < 1.29 is 9.53 Å². The summed E-state index contributed by atoms with van der Waals surface area (Å²) >= 11 is 1.54. The first kappa shape index (κ1) is 9.59. The maximum absolute atomic E-state index is 11.7. The molecule has 74 valence electrons. The molecule has 1 heterocycles. The number of ether oxygens (including phenoxy) is 1. The number of rotatable bonds is 3. The second kappa shape index (κ2) is 4.05. The molecule has 0 bridgehead atoms. The summed E-state index contributed by atoms with van der Waals surface area (Å²) in [7, 11) is 0. The molecule has 0 atom stereocenters. The van der Waals surface area contributed by atoms with Crippen LogP contribution in [0.1, 0.15) is 15.9 Å². The lowest BCUT2D eigenvalue weighted by Gasteiger charge is -2.05. The van der Waals surface area contributed by atoms with Crippen molar-refractivity contribution in [3.8, 4) is 5.75 Å². The normalized spacial score (nSPS) is 13.5. The summed E-state index contributed by atoms with van der Waals surface area (Å²) in [5.41, 5.74) is 1.91. The van der Waals surface area contributed by atoms with Crippen molar-refractivity contribution in [1.29, 1.82) is 0 Å². The van der Waals surface area contributed by atoms with E-state index >= 15 is 0 Å². The smallest absolute Gasteiger partial charge is 0.176 e. The fourth-order valence-electron chi connectivity index (χ4n) is 1.64. The summed E-state index contributed by atoms with van der Waals surface area (Å²) < 4.78 is 5.47. The molecule has 2 rings (SSSR count). The summed E-state index contributed by atoms with van der Waals surface area (Å²) in [4.78, 5) is 11.7. The first-order valence-corrected chi connectivity index (χ1v) is 5.99. The van der Waals surface area contributed by atoms with E-state index in [0.717, 1.165) is 23.3 Å². The second-order valence-electron chi connectivity index (χ2n) is 3.25. The molecule has 1 aromatic carbocycles. The van der Waals surface area contributed by atoms with Crippen molar-refractivity contribution in [3.63, 3.8) is 0 Å². The highest BCUT2D eigenvalue weighted by Crippen LogP contribution is 2.29. The number of carbonyl (C=O) groups is 1. The Bertz CT molecular complexity index is 360. The van der Waals surface area contributed by atoms with E-state index < -0.39 is 0 Å². The van der Waals surface area contributed by atoms with Gasteiger partial charge in [0.15, 0.2) is 5.78 Å². The number of hydrogen-bond acceptors (Lipinski definition) is 3. The predicted molar refractivity (Wildman–Crippen MR) is 58.4 cm³/mol. The highest BCUT2D eigenvalue weighted by molar-refractivity contribution is 7.99. The Morgan fingerprint density at radius 1 is 1.57 bits per heavy atom. The summed E-state index contributed by atoms with van der Waals surface area (Å²) in [5, 5.41) is 0. The number of ketones is 1. The topological polar surface area (TPSA) is 26.3 Å². The third-order valence-electron chi connectivity index (χ3n) is 2.29. The zero-order valence-electron chi connectivity index (χ0n) is 8.08. The van der Waals surface area contributed by atoms with Gasteiger partial charge in [-0.15, -0.1) is 0 Å². The largest absolute Gasteiger partial charge is 0.492 e. The number of hydrogen-bond donors (Lipinski definition) is 0. The maximum Gasteiger partial charge on any atom is 0.176 e. The third-order valence-corrected chi connectivity index (χ3v) is 2.84. The summed E-state index contributed by atoms with van der Waals surface area (Å²) in [6.45, 7) is 0.707. The quantitative estimate of drug-likeness (QED) is 0.712. The van der Waals surface area contributed by atoms with E-state index in [1.54, 1.807) is 11.8 Å². The van der Waals surface area contributed by atoms with E-state index in [4.69, 9.17) is 4.74 Å². The molecule has 3 heteroatoms. The molecule has 1 aliphatic rings. The first-order chi connectivity index (χ1) is 6.83. The molecular formula is C11H12O2S. The van der Waals surface area contributed by atoms with Crippen LogP contribution in [-0.2, 0) is 6.42 Å². The summed E-state index contributed by atoms with van der Waals surface area (Å²) in [6, 6.07) is 5.81. The van der Waals surface area contributed by atoms with Gasteiger partial charge in [0, 0.05) is 6.42 Å². The zero-order chi connectivity index (χ0) is 9.97. The summed E-state index contributed by atoms with van der Waals surface area (Å²) in [6.07, 6.45) is 2.86. The van der Waals surface area contributed by atoms with Gasteiger partial charge in [-0.1, -0.05) is 12.1 Å². The molecule has 0 radical (unpaired) electrons. The highest BCUT2D eigenvalue weighted by Gasteiger charge is 2.19. The average Bonchev–Trinajstić information content (AvgIpc) is 2.65. The minimum absolute atomic E-state index is 0.163. The minimum Gasteiger partial charge on any atom is -0.492 e. The molecule has 0 aliphatic carbocycles. The van der Waals surface area contributed by atoms with E-state index in [2.05, 4.69) is 0 Å². The van der Waals surface area contributed by atoms with Crippen LogP contribution in [0, 0.1) is 0 Å². The maximum atomic E-state index is 11.7. The Hall–Kier alpha value is -0.960. The number of fused-ring (bicyclic) bond motifs is 1. The molecular weight excluding hydrogens is 196 g/mol. The van der Waals surface area contributed by atoms with Gasteiger partial charge in [-0.05, 0) is 17.9 Å². The van der Waals surface area contributed by atoms with Gasteiger partial charge < -0.3 is 4.74 Å². The molecule has 1 aromatic rings. The lowest BCUT2D eigenvalue weighted by atomic mass is 10.1. The molecule has 1 aliphatic heterocycles. The van der Waals surface area contributed by atoms with Gasteiger partial charge in [-0.3, -0.25) is 4.79 Å². The van der Waals surface area contributed by atoms with E-state index in [1.165, 1.54) is 0 Å². The zero-order valence-corrected chi connectivity index (χ0v) is 8.89. The molecule has 0 aromatic heterocycles. The highest BCUT2D eigenvalue weighted by atomic mass is 32.2. The Labute approximate surface area is 87.6 Å². The van der Waals surface area contributed by atoms with Gasteiger partial charge in [-0.2, -0.15) is 11.8 Å². The van der Waals surface area contributed by atoms with Crippen molar-refractivity contribution in [3.05, 3.63) is 29.3 Å². The molecule has 14 heavy (non-hydrogen) atoms. The Balaban J connectivity index is 2.34. The molecule has 0 saturated heterocycles. The number of Topliss-reactive ketones (excluding diaryl/α,β-unsaturated/α-hetero) is 1. The van der Waals surface area contributed by atoms with Gasteiger partial charge in [0.25, 0.3) is 0 Å². The van der Waals surface area contributed by atoms with Gasteiger partial charge in [0.05, 0.1) is 17.9 Å². The van der Waals surface area contributed by atoms with Gasteiger partial charge in [0.1, 0.15) is 5.75 Å². The van der Waals surface area contributed by atoms with Crippen molar-refractivity contribution >= 4 is 17.5 Å². The van der Waals surface area contributed by atoms with E-state index in [9.17, 15) is 4.79 Å². The Morgan fingerprint density at radius 3 is 3.21 bits per heavy atom. The number of benzene rings is 1. The first-order valence-electron chi connectivity index (χ1n) is 4.59. The van der Waals surface area contributed by atoms with Crippen molar-refractivity contribution in [2.24, 2.45) is 0 Å². The third kappa shape index (κ3) is 1.64. The fraction of sp³-hybridized carbons (Fsp3) is 0.364. The molecule has 0 fully saturated rings. The van der Waals surface area contributed by atoms with Crippen LogP contribution in [0.25, 0.3) is 0 Å². The Kier molecular flexibility index (Phi) is 2.77. The molecule has 0 N–H and O–H groups in total. The van der Waals surface area contributed by atoms with Crippen LogP contribution in [0.5, 0.6) is 5.75 Å². The van der Waals surface area contributed by atoms with Gasteiger partial charge in [0.2, 0.25) is 0 Å². The van der Waals surface area contributed by atoms with Crippen molar-refractivity contribution in [2.75, 3.05) is 18.6 Å². The van der Waals surface area contributed by atoms with Gasteiger partial charge in [-0.25, -0.2) is 0 Å². The van der Waals surface area contributed by atoms with E-state index in [-0.39, 0.29) is 5.78 Å². The minimum atomic E-state index is 0.163. The van der Waals surface area contributed by atoms with Crippen molar-refractivity contribution in [1.82, 2.24) is 0 Å². The lowest BCUT2D eigenvalue weighted by Crippen LogP contribution is -2.04. The van der Waals surface area contributed by atoms with Crippen LogP contribution in [0.15, 0.2) is 18.2 Å². The fourth-order valence-corrected chi connectivity index (χ4v) is 2.06. The molecule has 2 nitrogen and oxygen atoms in total. The standard InChI is InChI=1S/C11H12O2S/c1-14-7-10(12)9-4-2-3-8-5-6-13-11(8)9/h2-4H,5-7H2,1H3. The number of thioether (sulfide) groups is 1. The number of carbonyl (C=O) groups excluding carboxylic acids is 1. The summed E-state index contributed by atoms with van der Waals surface area (Å²) in [5.74, 6) is 1.50. The lowest BCUT2D eigenvalue weighted by molar-refractivity contribution is 0.101. The Morgan fingerprint density at radius 2 is 2.43 bits per heavy atom. The van der Waals surface area contributed by atoms with Gasteiger partial charge >= 0.3 is 0 Å². The monoisotopic (exact) mass is 208 g/mol. The van der Waals surface area contributed by atoms with Crippen LogP contribution in [0.3, 0.4) is 0 Å².